The minimum atomic E-state index is -0.492. The SMILES string of the molecule is CCN(CC(=O)Nc1cccc2c1C(=O)c1ccccc1C2=O)N=O. The molecule has 0 bridgehead atoms. The number of nitrogens with one attached hydrogen (secondary N) is 1. The van der Waals surface area contributed by atoms with Crippen molar-refractivity contribution >= 4 is 23.2 Å². The average molecular weight is 337 g/mol. The third kappa shape index (κ3) is 2.91. The van der Waals surface area contributed by atoms with Crippen molar-refractivity contribution in [1.29, 1.82) is 0 Å². The maximum atomic E-state index is 12.8. The van der Waals surface area contributed by atoms with Crippen LogP contribution < -0.4 is 5.32 Å². The van der Waals surface area contributed by atoms with E-state index in [2.05, 4.69) is 10.6 Å². The molecule has 0 aromatic heterocycles. The number of rotatable bonds is 5. The van der Waals surface area contributed by atoms with Crippen LogP contribution in [-0.2, 0) is 4.79 Å². The topological polar surface area (TPSA) is 95.9 Å². The van der Waals surface area contributed by atoms with Crippen LogP contribution in [0.3, 0.4) is 0 Å². The highest BCUT2D eigenvalue weighted by molar-refractivity contribution is 6.30. The van der Waals surface area contributed by atoms with Gasteiger partial charge in [0, 0.05) is 23.2 Å². The molecule has 0 aliphatic heterocycles. The van der Waals surface area contributed by atoms with Gasteiger partial charge in [-0.3, -0.25) is 19.4 Å². The van der Waals surface area contributed by atoms with Gasteiger partial charge in [0.25, 0.3) is 0 Å². The minimum absolute atomic E-state index is 0.168. The van der Waals surface area contributed by atoms with Crippen molar-refractivity contribution in [2.24, 2.45) is 5.29 Å². The number of hydrogen-bond acceptors (Lipinski definition) is 5. The van der Waals surface area contributed by atoms with Gasteiger partial charge in [-0.05, 0) is 13.0 Å². The van der Waals surface area contributed by atoms with Crippen molar-refractivity contribution in [3.63, 3.8) is 0 Å². The number of likely N-dealkylation sites (N-methyl/N-ethyl adjacent to an activating group) is 1. The van der Waals surface area contributed by atoms with Gasteiger partial charge in [0.1, 0.15) is 6.54 Å². The summed E-state index contributed by atoms with van der Waals surface area (Å²) in [5.74, 6) is -1.07. The fourth-order valence-corrected chi connectivity index (χ4v) is 2.80. The summed E-state index contributed by atoms with van der Waals surface area (Å²) in [6.07, 6.45) is 0. The van der Waals surface area contributed by atoms with Crippen molar-refractivity contribution in [2.75, 3.05) is 18.4 Å². The smallest absolute Gasteiger partial charge is 0.245 e. The second-order valence-electron chi connectivity index (χ2n) is 5.54. The van der Waals surface area contributed by atoms with Gasteiger partial charge in [0.15, 0.2) is 11.6 Å². The molecule has 1 aliphatic rings. The first-order valence-electron chi connectivity index (χ1n) is 7.76. The molecule has 1 N–H and O–H groups in total. The first-order chi connectivity index (χ1) is 12.1. The Morgan fingerprint density at radius 3 is 2.28 bits per heavy atom. The quantitative estimate of drug-likeness (QED) is 0.570. The number of carbonyl (C=O) groups excluding carboxylic acids is 3. The molecule has 2 aromatic carbocycles. The molecule has 0 atom stereocenters. The van der Waals surface area contributed by atoms with Crippen molar-refractivity contribution in [2.45, 2.75) is 6.92 Å². The number of carbonyl (C=O) groups is 3. The number of fused-ring (bicyclic) bond motifs is 2. The number of nitroso groups, excluding NO2 is 1. The Balaban J connectivity index is 1.97. The van der Waals surface area contributed by atoms with E-state index >= 15 is 0 Å². The number of ketones is 2. The fourth-order valence-electron chi connectivity index (χ4n) is 2.80. The minimum Gasteiger partial charge on any atom is -0.324 e. The monoisotopic (exact) mass is 337 g/mol. The molecule has 3 rings (SSSR count). The normalized spacial score (nSPS) is 12.2. The molecule has 0 heterocycles. The standard InChI is InChI=1S/C18H15N3O4/c1-2-21(20-25)10-15(22)19-14-9-5-8-13-16(14)18(24)12-7-4-3-6-11(12)17(13)23/h3-9H,2,10H2,1H3,(H,19,22). The van der Waals surface area contributed by atoms with Crippen LogP contribution in [0.25, 0.3) is 0 Å². The Bertz CT molecular complexity index is 892. The molecule has 0 unspecified atom stereocenters. The van der Waals surface area contributed by atoms with E-state index in [9.17, 15) is 19.3 Å². The molecule has 126 valence electrons. The zero-order chi connectivity index (χ0) is 18.0. The molecule has 0 saturated carbocycles. The lowest BCUT2D eigenvalue weighted by atomic mass is 9.83. The van der Waals surface area contributed by atoms with Crippen LogP contribution in [0.2, 0.25) is 0 Å². The summed E-state index contributed by atoms with van der Waals surface area (Å²) in [5.41, 5.74) is 1.33. The maximum absolute atomic E-state index is 12.8. The molecule has 7 heteroatoms. The van der Waals surface area contributed by atoms with Gasteiger partial charge in [0.2, 0.25) is 5.91 Å². The zero-order valence-electron chi connectivity index (χ0n) is 13.5. The highest BCUT2D eigenvalue weighted by Crippen LogP contribution is 2.31. The van der Waals surface area contributed by atoms with Gasteiger partial charge in [0.05, 0.1) is 16.5 Å². The van der Waals surface area contributed by atoms with Crippen LogP contribution >= 0.6 is 0 Å². The van der Waals surface area contributed by atoms with E-state index in [1.807, 2.05) is 0 Å². The number of benzene rings is 2. The van der Waals surface area contributed by atoms with Gasteiger partial charge in [-0.2, -0.15) is 0 Å². The number of nitrogens with zero attached hydrogens (tertiary/aromatic N) is 2. The van der Waals surface area contributed by atoms with E-state index in [1.54, 1.807) is 49.4 Å². The summed E-state index contributed by atoms with van der Waals surface area (Å²) in [6.45, 7) is 1.75. The lowest BCUT2D eigenvalue weighted by Crippen LogP contribution is -2.30. The van der Waals surface area contributed by atoms with E-state index in [1.165, 1.54) is 0 Å². The van der Waals surface area contributed by atoms with Gasteiger partial charge in [-0.15, -0.1) is 4.91 Å². The van der Waals surface area contributed by atoms with Crippen LogP contribution in [0.1, 0.15) is 38.8 Å². The van der Waals surface area contributed by atoms with Crippen molar-refractivity contribution < 1.29 is 14.4 Å². The van der Waals surface area contributed by atoms with Crippen molar-refractivity contribution in [3.05, 3.63) is 69.6 Å². The third-order valence-electron chi connectivity index (χ3n) is 4.03. The summed E-state index contributed by atoms with van der Waals surface area (Å²) in [4.78, 5) is 48.1. The molecule has 2 aromatic rings. The Labute approximate surface area is 143 Å². The molecule has 1 aliphatic carbocycles. The molecule has 7 nitrogen and oxygen atoms in total. The van der Waals surface area contributed by atoms with E-state index in [4.69, 9.17) is 0 Å². The Hall–Kier alpha value is -3.35. The molecule has 25 heavy (non-hydrogen) atoms. The van der Waals surface area contributed by atoms with E-state index in [0.717, 1.165) is 5.01 Å². The van der Waals surface area contributed by atoms with Crippen LogP contribution in [0.5, 0.6) is 0 Å². The van der Waals surface area contributed by atoms with Gasteiger partial charge >= 0.3 is 0 Å². The second kappa shape index (κ2) is 6.64. The maximum Gasteiger partial charge on any atom is 0.245 e. The lowest BCUT2D eigenvalue weighted by molar-refractivity contribution is -0.117. The average Bonchev–Trinajstić information content (AvgIpc) is 2.64. The third-order valence-corrected chi connectivity index (χ3v) is 4.03. The first kappa shape index (κ1) is 16.5. The predicted molar refractivity (Wildman–Crippen MR) is 91.4 cm³/mol. The van der Waals surface area contributed by atoms with Gasteiger partial charge in [-0.1, -0.05) is 36.4 Å². The molecule has 1 amide bonds. The number of anilines is 1. The van der Waals surface area contributed by atoms with Gasteiger partial charge in [-0.25, -0.2) is 0 Å². The number of amides is 1. The largest absolute Gasteiger partial charge is 0.324 e. The fraction of sp³-hybridized carbons (Fsp3) is 0.167. The Morgan fingerprint density at radius 2 is 1.64 bits per heavy atom. The highest BCUT2D eigenvalue weighted by atomic mass is 16.3. The van der Waals surface area contributed by atoms with E-state index in [0.29, 0.717) is 11.1 Å². The lowest BCUT2D eigenvalue weighted by Gasteiger charge is -2.20. The molecular formula is C18H15N3O4. The van der Waals surface area contributed by atoms with Crippen molar-refractivity contribution in [1.82, 2.24) is 5.01 Å². The summed E-state index contributed by atoms with van der Waals surface area (Å²) in [6, 6.07) is 11.3. The van der Waals surface area contributed by atoms with E-state index < -0.39 is 5.91 Å². The number of hydrogen-bond donors (Lipinski definition) is 1. The first-order valence-corrected chi connectivity index (χ1v) is 7.76. The predicted octanol–water partition coefficient (Wildman–Crippen LogP) is 2.40. The van der Waals surface area contributed by atoms with Crippen LogP contribution in [-0.4, -0.2) is 35.6 Å². The summed E-state index contributed by atoms with van der Waals surface area (Å²) < 4.78 is 0. The van der Waals surface area contributed by atoms with Crippen LogP contribution in [0.4, 0.5) is 5.69 Å². The Morgan fingerprint density at radius 1 is 1.00 bits per heavy atom. The molecule has 0 saturated heterocycles. The molecule has 0 fully saturated rings. The van der Waals surface area contributed by atoms with Crippen molar-refractivity contribution in [3.8, 4) is 0 Å². The zero-order valence-corrected chi connectivity index (χ0v) is 13.5. The highest BCUT2D eigenvalue weighted by Gasteiger charge is 2.31. The molecular weight excluding hydrogens is 322 g/mol. The van der Waals surface area contributed by atoms with Gasteiger partial charge < -0.3 is 5.32 Å². The summed E-state index contributed by atoms with van der Waals surface area (Å²) >= 11 is 0. The molecule has 0 radical (unpaired) electrons. The summed E-state index contributed by atoms with van der Waals surface area (Å²) in [7, 11) is 0. The Kier molecular flexibility index (Phi) is 4.38. The summed E-state index contributed by atoms with van der Waals surface area (Å²) in [5, 5.41) is 6.38. The molecule has 0 spiro atoms. The van der Waals surface area contributed by atoms with E-state index in [-0.39, 0.29) is 41.5 Å². The van der Waals surface area contributed by atoms with Crippen LogP contribution in [0, 0.1) is 4.91 Å². The van der Waals surface area contributed by atoms with Crippen LogP contribution in [0.15, 0.2) is 47.8 Å². The second-order valence-corrected chi connectivity index (χ2v) is 5.54.